The van der Waals surface area contributed by atoms with Crippen molar-refractivity contribution in [2.75, 3.05) is 13.7 Å². The van der Waals surface area contributed by atoms with Gasteiger partial charge in [-0.25, -0.2) is 4.79 Å². The fraction of sp³-hybridized carbons (Fsp3) is 0.538. The summed E-state index contributed by atoms with van der Waals surface area (Å²) in [5, 5.41) is 87.8. The molecule has 2 aromatic rings. The largest absolute Gasteiger partial charge is 0.507 e. The first-order valence-corrected chi connectivity index (χ1v) is 19.4. The summed E-state index contributed by atoms with van der Waals surface area (Å²) < 4.78 is 22.6. The number of aliphatic carboxylic acids is 1. The van der Waals surface area contributed by atoms with Crippen LogP contribution in [0.3, 0.4) is 0 Å². The number of thioether (sulfide) groups is 1. The van der Waals surface area contributed by atoms with Crippen molar-refractivity contribution in [3.05, 3.63) is 58.7 Å². The van der Waals surface area contributed by atoms with Gasteiger partial charge in [-0.15, -0.1) is 11.8 Å². The summed E-state index contributed by atoms with van der Waals surface area (Å²) >= 11 is 0.332. The summed E-state index contributed by atoms with van der Waals surface area (Å²) in [6.07, 6.45) is -17.5. The molecule has 7 rings (SSSR count). The molecular weight excluding hydrogens is 804 g/mol. The molecular formula is C39H42O19S. The highest BCUT2D eigenvalue weighted by atomic mass is 32.2. The number of carboxylic acid groups (broad SMARTS) is 1. The van der Waals surface area contributed by atoms with E-state index in [0.717, 1.165) is 19.2 Å². The molecule has 2 aliphatic carbocycles. The van der Waals surface area contributed by atoms with Gasteiger partial charge in [-0.2, -0.15) is 0 Å². The Balaban J connectivity index is 1.36. The third kappa shape index (κ3) is 6.06. The molecule has 13 unspecified atom stereocenters. The van der Waals surface area contributed by atoms with Gasteiger partial charge in [0.1, 0.15) is 39.3 Å². The third-order valence-electron chi connectivity index (χ3n) is 12.2. The van der Waals surface area contributed by atoms with Crippen LogP contribution in [0.4, 0.5) is 0 Å². The van der Waals surface area contributed by atoms with Crippen molar-refractivity contribution < 1.29 is 93.3 Å². The number of ketones is 4. The van der Waals surface area contributed by atoms with Crippen LogP contribution >= 0.6 is 11.8 Å². The minimum Gasteiger partial charge on any atom is -0.507 e. The highest BCUT2D eigenvalue weighted by Crippen LogP contribution is 2.64. The summed E-state index contributed by atoms with van der Waals surface area (Å²) in [6.45, 7) is 2.04. The van der Waals surface area contributed by atoms with Gasteiger partial charge in [0.05, 0.1) is 55.7 Å². The van der Waals surface area contributed by atoms with E-state index in [4.69, 9.17) is 23.7 Å². The Kier molecular flexibility index (Phi) is 10.9. The van der Waals surface area contributed by atoms with Gasteiger partial charge in [-0.3, -0.25) is 24.0 Å². The van der Waals surface area contributed by atoms with E-state index in [1.54, 1.807) is 0 Å². The average Bonchev–Trinajstić information content (AvgIpc) is 3.19. The minimum absolute atomic E-state index is 0.259. The normalized spacial score (nSPS) is 39.1. The smallest absolute Gasteiger partial charge is 0.335 e. The predicted octanol–water partition coefficient (Wildman–Crippen LogP) is -0.554. The predicted molar refractivity (Wildman–Crippen MR) is 196 cm³/mol. The van der Waals surface area contributed by atoms with Gasteiger partial charge in [0.25, 0.3) is 0 Å². The van der Waals surface area contributed by atoms with Crippen LogP contribution < -0.4 is 0 Å². The molecule has 318 valence electrons. The highest BCUT2D eigenvalue weighted by molar-refractivity contribution is 8.03. The topological polar surface area (TPSA) is 310 Å². The standard InChI is InChI=1S/C39H42O19S/c1-15-38(52)32(48)24-19(6-4-8-21(24)40)30(46)36(38,13-17(56-15)10-11-55-35-28(45)26(43)27(44)29(58-35)34(50)51)59-37-14-18(12-23(42)54-3)57-16(2)39(37,53)33(49)25-20(31(37)47)7-5-9-22(25)41/h4-9,15-18,26-29,35,40-41,43-45,52-53H,10-14H2,1-3H3,(H,50,51). The summed E-state index contributed by atoms with van der Waals surface area (Å²) in [5.74, 6) is -8.15. The molecule has 2 aromatic carbocycles. The average molecular weight is 847 g/mol. The number of carboxylic acids is 1. The maximum absolute atomic E-state index is 15.3. The zero-order valence-electron chi connectivity index (χ0n) is 31.7. The molecule has 5 aliphatic rings. The zero-order chi connectivity index (χ0) is 43.1. The number of hydrogen-bond acceptors (Lipinski definition) is 19. The number of phenolic OH excluding ortho intramolecular Hbond substituents is 2. The highest BCUT2D eigenvalue weighted by Gasteiger charge is 2.78. The van der Waals surface area contributed by atoms with Crippen LogP contribution in [-0.2, 0) is 33.3 Å². The second-order valence-corrected chi connectivity index (χ2v) is 17.0. The Hall–Kier alpha value is -4.35. The van der Waals surface area contributed by atoms with Crippen LogP contribution in [0.15, 0.2) is 36.4 Å². The summed E-state index contributed by atoms with van der Waals surface area (Å²) in [4.78, 5) is 84.1. The lowest BCUT2D eigenvalue weighted by molar-refractivity contribution is -0.295. The molecule has 0 spiro atoms. The zero-order valence-corrected chi connectivity index (χ0v) is 32.5. The van der Waals surface area contributed by atoms with E-state index in [-0.39, 0.29) is 17.5 Å². The molecule has 0 radical (unpaired) electrons. The Bertz CT molecular complexity index is 2130. The number of aliphatic hydroxyl groups excluding tert-OH is 3. The lowest BCUT2D eigenvalue weighted by Crippen LogP contribution is -2.79. The van der Waals surface area contributed by atoms with Crippen molar-refractivity contribution >= 4 is 46.8 Å². The van der Waals surface area contributed by atoms with E-state index in [1.807, 2.05) is 0 Å². The second kappa shape index (κ2) is 15.0. The first-order valence-electron chi connectivity index (χ1n) is 18.6. The molecule has 3 aliphatic heterocycles. The minimum atomic E-state index is -2.95. The Morgan fingerprint density at radius 2 is 1.24 bits per heavy atom. The molecule has 0 saturated carbocycles. The van der Waals surface area contributed by atoms with Crippen molar-refractivity contribution in [1.29, 1.82) is 0 Å². The molecule has 3 saturated heterocycles. The van der Waals surface area contributed by atoms with Gasteiger partial charge >= 0.3 is 11.9 Å². The number of esters is 1. The molecule has 0 bridgehead atoms. The monoisotopic (exact) mass is 846 g/mol. The molecule has 8 N–H and O–H groups in total. The van der Waals surface area contributed by atoms with Crippen molar-refractivity contribution in [3.8, 4) is 11.5 Å². The van der Waals surface area contributed by atoms with Gasteiger partial charge in [0, 0.05) is 11.1 Å². The first-order chi connectivity index (χ1) is 27.7. The van der Waals surface area contributed by atoms with E-state index in [9.17, 15) is 60.0 Å². The van der Waals surface area contributed by atoms with Crippen molar-refractivity contribution in [3.63, 3.8) is 0 Å². The van der Waals surface area contributed by atoms with Crippen LogP contribution in [0.1, 0.15) is 81.0 Å². The maximum Gasteiger partial charge on any atom is 0.335 e. The van der Waals surface area contributed by atoms with E-state index >= 15 is 9.59 Å². The number of carbonyl (C=O) groups excluding carboxylic acids is 5. The number of carbonyl (C=O) groups is 6. The van der Waals surface area contributed by atoms with Gasteiger partial charge in [0.15, 0.2) is 35.2 Å². The lowest BCUT2D eigenvalue weighted by Gasteiger charge is -2.61. The number of fused-ring (bicyclic) bond motifs is 4. The number of ether oxygens (including phenoxy) is 5. The van der Waals surface area contributed by atoms with E-state index in [0.29, 0.717) is 11.8 Å². The van der Waals surface area contributed by atoms with Crippen LogP contribution in [0.25, 0.3) is 0 Å². The Morgan fingerprint density at radius 1 is 0.746 bits per heavy atom. The number of benzene rings is 2. The van der Waals surface area contributed by atoms with Gasteiger partial charge in [-0.1, -0.05) is 24.3 Å². The van der Waals surface area contributed by atoms with Gasteiger partial charge < -0.3 is 64.5 Å². The quantitative estimate of drug-likeness (QED) is 0.147. The summed E-state index contributed by atoms with van der Waals surface area (Å²) in [5.41, 5.74) is -7.73. The number of rotatable bonds is 9. The maximum atomic E-state index is 15.3. The summed E-state index contributed by atoms with van der Waals surface area (Å²) in [6, 6.07) is 7.23. The van der Waals surface area contributed by atoms with Crippen LogP contribution in [-0.4, -0.2) is 165 Å². The van der Waals surface area contributed by atoms with E-state index in [2.05, 4.69) is 0 Å². The third-order valence-corrected chi connectivity index (χ3v) is 14.2. The molecule has 20 heteroatoms. The second-order valence-electron chi connectivity index (χ2n) is 15.4. The van der Waals surface area contributed by atoms with Crippen LogP contribution in [0.5, 0.6) is 11.5 Å². The summed E-state index contributed by atoms with van der Waals surface area (Å²) in [7, 11) is 1.10. The number of Topliss-reactive ketones (excluding diaryl/α,β-unsaturated/α-hetero) is 4. The van der Waals surface area contributed by atoms with Crippen molar-refractivity contribution in [2.24, 2.45) is 0 Å². The van der Waals surface area contributed by atoms with Crippen molar-refractivity contribution in [1.82, 2.24) is 0 Å². The molecule has 0 amide bonds. The number of aromatic hydroxyl groups is 2. The molecule has 0 aromatic heterocycles. The van der Waals surface area contributed by atoms with Gasteiger partial charge in [-0.05, 0) is 45.2 Å². The number of aliphatic hydroxyl groups is 5. The Morgan fingerprint density at radius 3 is 1.73 bits per heavy atom. The lowest BCUT2D eigenvalue weighted by atomic mass is 9.63. The Labute approximate surface area is 338 Å². The molecule has 19 nitrogen and oxygen atoms in total. The molecule has 59 heavy (non-hydrogen) atoms. The van der Waals surface area contributed by atoms with E-state index < -0.39 is 159 Å². The van der Waals surface area contributed by atoms with Crippen LogP contribution in [0.2, 0.25) is 0 Å². The number of methoxy groups -OCH3 is 1. The molecule has 3 fully saturated rings. The SMILES string of the molecule is COC(=O)CC1CC2(SC34CC(CCOC5OC(C(=O)O)C(O)C(O)C5O)OC(C)C3(O)C(=O)c3c(O)cccc3C4=O)C(=O)c3cccc(O)c3C(=O)C2(O)C(C)O1. The van der Waals surface area contributed by atoms with Gasteiger partial charge in [0.2, 0.25) is 11.6 Å². The first kappa shape index (κ1) is 42.8. The van der Waals surface area contributed by atoms with Crippen LogP contribution in [0, 0.1) is 0 Å². The van der Waals surface area contributed by atoms with E-state index in [1.165, 1.54) is 38.1 Å². The fourth-order valence-corrected chi connectivity index (χ4v) is 11.6. The van der Waals surface area contributed by atoms with Crippen molar-refractivity contribution in [2.45, 2.75) is 115 Å². The fourth-order valence-electron chi connectivity index (χ4n) is 9.19. The molecule has 3 heterocycles. The molecule has 13 atom stereocenters. The number of phenols is 2. The number of hydrogen-bond donors (Lipinski definition) is 8.